The number of benzene rings is 2. The van der Waals surface area contributed by atoms with E-state index in [9.17, 15) is 0 Å². The summed E-state index contributed by atoms with van der Waals surface area (Å²) in [6.07, 6.45) is 2.00. The van der Waals surface area contributed by atoms with Crippen molar-refractivity contribution >= 4 is 5.69 Å². The van der Waals surface area contributed by atoms with Gasteiger partial charge < -0.3 is 5.32 Å². The second kappa shape index (κ2) is 7.77. The lowest BCUT2D eigenvalue weighted by atomic mass is 9.91. The molecule has 1 atom stereocenters. The Kier molecular flexibility index (Phi) is 5.46. The molecule has 3 heteroatoms. The van der Waals surface area contributed by atoms with E-state index in [1.54, 1.807) is 0 Å². The topological polar surface area (TPSA) is 29.9 Å². The smallest absolute Gasteiger partial charge is 0.0958 e. The Labute approximate surface area is 157 Å². The van der Waals surface area contributed by atoms with Gasteiger partial charge in [-0.25, -0.2) is 0 Å². The Morgan fingerprint density at radius 3 is 1.92 bits per heavy atom. The van der Waals surface area contributed by atoms with Gasteiger partial charge in [-0.1, -0.05) is 76.2 Å². The molecule has 0 aliphatic carbocycles. The number of para-hydroxylation sites is 1. The van der Waals surface area contributed by atoms with Crippen molar-refractivity contribution in [1.29, 1.82) is 0 Å². The van der Waals surface area contributed by atoms with Gasteiger partial charge >= 0.3 is 0 Å². The van der Waals surface area contributed by atoms with Crippen LogP contribution in [0.5, 0.6) is 0 Å². The fraction of sp³-hybridized carbons (Fsp3) is 0.348. The molecule has 3 aromatic rings. The zero-order valence-corrected chi connectivity index (χ0v) is 16.4. The molecule has 136 valence electrons. The van der Waals surface area contributed by atoms with Gasteiger partial charge in [0.25, 0.3) is 0 Å². The van der Waals surface area contributed by atoms with Crippen molar-refractivity contribution in [2.45, 2.75) is 45.6 Å². The van der Waals surface area contributed by atoms with Crippen molar-refractivity contribution in [3.8, 4) is 0 Å². The molecule has 1 N–H and O–H groups in total. The van der Waals surface area contributed by atoms with Crippen molar-refractivity contribution in [1.82, 2.24) is 9.78 Å². The van der Waals surface area contributed by atoms with E-state index in [4.69, 9.17) is 0 Å². The SMILES string of the molecule is CC(C)c1cccc(C(C)C)c1NC(c1ccccc1)c1ccn(C)n1. The molecule has 1 heterocycles. The molecule has 0 radical (unpaired) electrons. The normalized spacial score (nSPS) is 12.6. The van der Waals surface area contributed by atoms with E-state index < -0.39 is 0 Å². The van der Waals surface area contributed by atoms with Crippen molar-refractivity contribution in [3.05, 3.63) is 83.2 Å². The van der Waals surface area contributed by atoms with Gasteiger partial charge in [0.15, 0.2) is 0 Å². The third kappa shape index (κ3) is 3.82. The second-order valence-corrected chi connectivity index (χ2v) is 7.52. The standard InChI is InChI=1S/C23H29N3/c1-16(2)19-12-9-13-20(17(3)4)23(19)24-22(18-10-7-6-8-11-18)21-14-15-26(5)25-21/h6-17,22,24H,1-5H3. The predicted octanol–water partition coefficient (Wildman–Crippen LogP) is 5.87. The number of aromatic nitrogens is 2. The Morgan fingerprint density at radius 1 is 0.808 bits per heavy atom. The van der Waals surface area contributed by atoms with Crippen LogP contribution < -0.4 is 5.32 Å². The molecule has 0 fully saturated rings. The first-order chi connectivity index (χ1) is 12.5. The van der Waals surface area contributed by atoms with E-state index >= 15 is 0 Å². The molecule has 0 saturated heterocycles. The van der Waals surface area contributed by atoms with E-state index in [-0.39, 0.29) is 6.04 Å². The van der Waals surface area contributed by atoms with Crippen LogP contribution in [0, 0.1) is 0 Å². The molecule has 26 heavy (non-hydrogen) atoms. The summed E-state index contributed by atoms with van der Waals surface area (Å²) >= 11 is 0. The summed E-state index contributed by atoms with van der Waals surface area (Å²) in [6, 6.07) is 19.3. The lowest BCUT2D eigenvalue weighted by Gasteiger charge is -2.26. The molecule has 3 rings (SSSR count). The minimum Gasteiger partial charge on any atom is -0.372 e. The van der Waals surface area contributed by atoms with Crippen LogP contribution in [-0.4, -0.2) is 9.78 Å². The average Bonchev–Trinajstić information content (AvgIpc) is 3.06. The minimum atomic E-state index is 0.0230. The summed E-state index contributed by atoms with van der Waals surface area (Å²) in [6.45, 7) is 9.01. The largest absolute Gasteiger partial charge is 0.372 e. The molecule has 0 saturated carbocycles. The highest BCUT2D eigenvalue weighted by atomic mass is 15.3. The summed E-state index contributed by atoms with van der Waals surface area (Å²) in [5.41, 5.74) is 6.21. The van der Waals surface area contributed by atoms with Crippen LogP contribution in [-0.2, 0) is 7.05 Å². The van der Waals surface area contributed by atoms with Gasteiger partial charge in [-0.3, -0.25) is 4.68 Å². The molecular weight excluding hydrogens is 318 g/mol. The molecular formula is C23H29N3. The highest BCUT2D eigenvalue weighted by Crippen LogP contribution is 2.36. The number of hydrogen-bond donors (Lipinski definition) is 1. The third-order valence-electron chi connectivity index (χ3n) is 4.82. The van der Waals surface area contributed by atoms with Crippen LogP contribution in [0.1, 0.15) is 68.0 Å². The molecule has 1 aromatic heterocycles. The lowest BCUT2D eigenvalue weighted by Crippen LogP contribution is -2.16. The van der Waals surface area contributed by atoms with E-state index in [2.05, 4.69) is 92.7 Å². The van der Waals surface area contributed by atoms with Gasteiger partial charge in [0.1, 0.15) is 0 Å². The van der Waals surface area contributed by atoms with Crippen LogP contribution in [0.2, 0.25) is 0 Å². The highest BCUT2D eigenvalue weighted by Gasteiger charge is 2.21. The van der Waals surface area contributed by atoms with E-state index in [1.165, 1.54) is 22.4 Å². The first-order valence-corrected chi connectivity index (χ1v) is 9.41. The number of aryl methyl sites for hydroxylation is 1. The molecule has 0 spiro atoms. The Bertz CT molecular complexity index is 821. The monoisotopic (exact) mass is 347 g/mol. The van der Waals surface area contributed by atoms with Gasteiger partial charge in [0, 0.05) is 18.9 Å². The number of hydrogen-bond acceptors (Lipinski definition) is 2. The zero-order valence-electron chi connectivity index (χ0n) is 16.4. The molecule has 0 aliphatic heterocycles. The fourth-order valence-corrected chi connectivity index (χ4v) is 3.42. The number of anilines is 1. The quantitative estimate of drug-likeness (QED) is 0.604. The Balaban J connectivity index is 2.10. The summed E-state index contributed by atoms with van der Waals surface area (Å²) in [5, 5.41) is 8.54. The third-order valence-corrected chi connectivity index (χ3v) is 4.82. The highest BCUT2D eigenvalue weighted by molar-refractivity contribution is 5.62. The molecule has 0 aliphatic rings. The summed E-state index contributed by atoms with van der Waals surface area (Å²) < 4.78 is 1.87. The summed E-state index contributed by atoms with van der Waals surface area (Å²) in [7, 11) is 1.97. The van der Waals surface area contributed by atoms with Crippen LogP contribution in [0.3, 0.4) is 0 Å². The number of nitrogens with one attached hydrogen (secondary N) is 1. The van der Waals surface area contributed by atoms with Crippen LogP contribution in [0.25, 0.3) is 0 Å². The lowest BCUT2D eigenvalue weighted by molar-refractivity contribution is 0.726. The van der Waals surface area contributed by atoms with Gasteiger partial charge in [-0.05, 0) is 34.6 Å². The number of nitrogens with zero attached hydrogens (tertiary/aromatic N) is 2. The maximum atomic E-state index is 4.69. The molecule has 2 aromatic carbocycles. The van der Waals surface area contributed by atoms with Crippen LogP contribution in [0.4, 0.5) is 5.69 Å². The maximum absolute atomic E-state index is 4.69. The second-order valence-electron chi connectivity index (χ2n) is 7.52. The van der Waals surface area contributed by atoms with Gasteiger partial charge in [-0.2, -0.15) is 5.10 Å². The summed E-state index contributed by atoms with van der Waals surface area (Å²) in [5.74, 6) is 0.910. The first-order valence-electron chi connectivity index (χ1n) is 9.41. The van der Waals surface area contributed by atoms with E-state index in [0.29, 0.717) is 11.8 Å². The van der Waals surface area contributed by atoms with Crippen LogP contribution >= 0.6 is 0 Å². The summed E-state index contributed by atoms with van der Waals surface area (Å²) in [4.78, 5) is 0. The van der Waals surface area contributed by atoms with Gasteiger partial charge in [0.05, 0.1) is 11.7 Å². The molecule has 3 nitrogen and oxygen atoms in total. The molecule has 1 unspecified atom stereocenters. The molecule has 0 bridgehead atoms. The van der Waals surface area contributed by atoms with Crippen molar-refractivity contribution < 1.29 is 0 Å². The van der Waals surface area contributed by atoms with E-state index in [1.807, 2.05) is 17.9 Å². The Morgan fingerprint density at radius 2 is 1.42 bits per heavy atom. The molecule has 0 amide bonds. The zero-order chi connectivity index (χ0) is 18.7. The van der Waals surface area contributed by atoms with Gasteiger partial charge in [-0.15, -0.1) is 0 Å². The fourth-order valence-electron chi connectivity index (χ4n) is 3.42. The first kappa shape index (κ1) is 18.2. The predicted molar refractivity (Wildman–Crippen MR) is 110 cm³/mol. The minimum absolute atomic E-state index is 0.0230. The maximum Gasteiger partial charge on any atom is 0.0958 e. The van der Waals surface area contributed by atoms with E-state index in [0.717, 1.165) is 5.69 Å². The Hall–Kier alpha value is -2.55. The van der Waals surface area contributed by atoms with Crippen molar-refractivity contribution in [2.75, 3.05) is 5.32 Å². The van der Waals surface area contributed by atoms with Crippen molar-refractivity contribution in [2.24, 2.45) is 7.05 Å². The number of rotatable bonds is 6. The van der Waals surface area contributed by atoms with Crippen molar-refractivity contribution in [3.63, 3.8) is 0 Å². The average molecular weight is 348 g/mol. The van der Waals surface area contributed by atoms with Crippen LogP contribution in [0.15, 0.2) is 60.8 Å². The van der Waals surface area contributed by atoms with Gasteiger partial charge in [0.2, 0.25) is 0 Å².